The molecule has 21 heavy (non-hydrogen) atoms. The van der Waals surface area contributed by atoms with E-state index in [-0.39, 0.29) is 11.4 Å². The average Bonchev–Trinajstić information content (AvgIpc) is 2.42. The average molecular weight is 309 g/mol. The van der Waals surface area contributed by atoms with Crippen molar-refractivity contribution in [1.82, 2.24) is 4.98 Å². The van der Waals surface area contributed by atoms with Gasteiger partial charge in [0.15, 0.2) is 0 Å². The van der Waals surface area contributed by atoms with Crippen molar-refractivity contribution in [3.8, 4) is 0 Å². The minimum atomic E-state index is -2.98. The maximum absolute atomic E-state index is 11.1. The SMILES string of the molecule is CS(=O)(=O)CCCNc1ccc([N+](=O)[O-])c2ncccc12. The monoisotopic (exact) mass is 309 g/mol. The Balaban J connectivity index is 2.22. The number of benzene rings is 1. The van der Waals surface area contributed by atoms with Gasteiger partial charge in [0.1, 0.15) is 15.4 Å². The minimum absolute atomic E-state index is 0.0488. The number of hydrogen-bond acceptors (Lipinski definition) is 6. The first-order valence-electron chi connectivity index (χ1n) is 6.32. The van der Waals surface area contributed by atoms with Crippen LogP contribution < -0.4 is 5.32 Å². The third-order valence-corrected chi connectivity index (χ3v) is 3.98. The Kier molecular flexibility index (Phi) is 4.37. The van der Waals surface area contributed by atoms with Crippen LogP contribution in [0.2, 0.25) is 0 Å². The van der Waals surface area contributed by atoms with Crippen LogP contribution in [0.25, 0.3) is 10.9 Å². The molecule has 0 aliphatic heterocycles. The van der Waals surface area contributed by atoms with Crippen molar-refractivity contribution in [2.45, 2.75) is 6.42 Å². The number of non-ortho nitro benzene ring substituents is 1. The van der Waals surface area contributed by atoms with E-state index in [0.29, 0.717) is 29.6 Å². The number of aromatic nitrogens is 1. The summed E-state index contributed by atoms with van der Waals surface area (Å²) in [6, 6.07) is 6.46. The molecule has 0 atom stereocenters. The van der Waals surface area contributed by atoms with Gasteiger partial charge in [-0.2, -0.15) is 0 Å². The molecule has 0 unspecified atom stereocenters. The lowest BCUT2D eigenvalue weighted by Crippen LogP contribution is -2.10. The summed E-state index contributed by atoms with van der Waals surface area (Å²) >= 11 is 0. The third-order valence-electron chi connectivity index (χ3n) is 2.95. The van der Waals surface area contributed by atoms with E-state index in [2.05, 4.69) is 10.3 Å². The van der Waals surface area contributed by atoms with Gasteiger partial charge in [0.05, 0.1) is 10.7 Å². The molecule has 1 aromatic heterocycles. The van der Waals surface area contributed by atoms with Gasteiger partial charge in [0.2, 0.25) is 0 Å². The molecule has 1 aromatic carbocycles. The zero-order valence-corrected chi connectivity index (χ0v) is 12.3. The molecule has 2 rings (SSSR count). The molecule has 0 fully saturated rings. The van der Waals surface area contributed by atoms with E-state index in [1.54, 1.807) is 18.2 Å². The summed E-state index contributed by atoms with van der Waals surface area (Å²) in [6.07, 6.45) is 3.17. The second-order valence-corrected chi connectivity index (χ2v) is 6.96. The van der Waals surface area contributed by atoms with Gasteiger partial charge in [-0.3, -0.25) is 10.1 Å². The highest BCUT2D eigenvalue weighted by Gasteiger charge is 2.15. The molecule has 8 heteroatoms. The number of nitro benzene ring substituents is 1. The lowest BCUT2D eigenvalue weighted by molar-refractivity contribution is -0.383. The van der Waals surface area contributed by atoms with Gasteiger partial charge in [0.25, 0.3) is 5.69 Å². The number of hydrogen-bond donors (Lipinski definition) is 1. The van der Waals surface area contributed by atoms with Crippen molar-refractivity contribution in [1.29, 1.82) is 0 Å². The molecule has 0 bridgehead atoms. The van der Waals surface area contributed by atoms with Gasteiger partial charge in [0, 0.05) is 36.1 Å². The Morgan fingerprint density at radius 3 is 2.76 bits per heavy atom. The predicted molar refractivity (Wildman–Crippen MR) is 81.2 cm³/mol. The number of sulfone groups is 1. The van der Waals surface area contributed by atoms with Crippen LogP contribution in [-0.4, -0.2) is 36.9 Å². The highest BCUT2D eigenvalue weighted by atomic mass is 32.2. The van der Waals surface area contributed by atoms with Crippen molar-refractivity contribution in [3.63, 3.8) is 0 Å². The summed E-state index contributed by atoms with van der Waals surface area (Å²) in [5.41, 5.74) is 0.972. The summed E-state index contributed by atoms with van der Waals surface area (Å²) in [5, 5.41) is 14.7. The summed E-state index contributed by atoms with van der Waals surface area (Å²) in [6.45, 7) is 0.467. The Hall–Kier alpha value is -2.22. The van der Waals surface area contributed by atoms with Crippen molar-refractivity contribution >= 4 is 32.1 Å². The van der Waals surface area contributed by atoms with Crippen molar-refractivity contribution in [3.05, 3.63) is 40.6 Å². The topological polar surface area (TPSA) is 102 Å². The fourth-order valence-electron chi connectivity index (χ4n) is 2.02. The smallest absolute Gasteiger partial charge is 0.295 e. The Bertz CT molecular complexity index is 774. The van der Waals surface area contributed by atoms with Gasteiger partial charge in [-0.1, -0.05) is 0 Å². The van der Waals surface area contributed by atoms with Gasteiger partial charge in [-0.05, 0) is 24.6 Å². The lowest BCUT2D eigenvalue weighted by Gasteiger charge is -2.09. The van der Waals surface area contributed by atoms with Crippen LogP contribution in [0.1, 0.15) is 6.42 Å². The van der Waals surface area contributed by atoms with E-state index in [9.17, 15) is 18.5 Å². The first-order valence-corrected chi connectivity index (χ1v) is 8.38. The Morgan fingerprint density at radius 2 is 2.10 bits per heavy atom. The van der Waals surface area contributed by atoms with Crippen LogP contribution in [0.5, 0.6) is 0 Å². The molecule has 0 saturated carbocycles. The van der Waals surface area contributed by atoms with E-state index in [1.807, 2.05) is 0 Å². The van der Waals surface area contributed by atoms with Crippen LogP contribution in [0.15, 0.2) is 30.5 Å². The molecule has 2 aromatic rings. The molecule has 0 amide bonds. The first-order chi connectivity index (χ1) is 9.88. The van der Waals surface area contributed by atoms with E-state index >= 15 is 0 Å². The fourth-order valence-corrected chi connectivity index (χ4v) is 2.69. The largest absolute Gasteiger partial charge is 0.384 e. The van der Waals surface area contributed by atoms with Gasteiger partial charge < -0.3 is 5.32 Å². The third kappa shape index (κ3) is 3.88. The van der Waals surface area contributed by atoms with Crippen LogP contribution in [0.4, 0.5) is 11.4 Å². The second kappa shape index (κ2) is 6.04. The van der Waals surface area contributed by atoms with Crippen LogP contribution >= 0.6 is 0 Å². The molecule has 112 valence electrons. The second-order valence-electron chi connectivity index (χ2n) is 4.70. The molecule has 0 radical (unpaired) electrons. The molecular weight excluding hydrogens is 294 g/mol. The standard InChI is InChI=1S/C13H15N3O4S/c1-21(19,20)9-3-8-14-11-5-6-12(16(17)18)13-10(11)4-2-7-15-13/h2,4-7,14H,3,8-9H2,1H3. The van der Waals surface area contributed by atoms with E-state index in [4.69, 9.17) is 0 Å². The maximum Gasteiger partial charge on any atom is 0.295 e. The van der Waals surface area contributed by atoms with Crippen LogP contribution in [0.3, 0.4) is 0 Å². The molecule has 0 aliphatic rings. The highest BCUT2D eigenvalue weighted by molar-refractivity contribution is 7.90. The minimum Gasteiger partial charge on any atom is -0.384 e. The summed E-state index contributed by atoms with van der Waals surface area (Å²) < 4.78 is 22.1. The normalized spacial score (nSPS) is 11.5. The number of fused-ring (bicyclic) bond motifs is 1. The molecular formula is C13H15N3O4S. The Labute approximate surface area is 122 Å². The highest BCUT2D eigenvalue weighted by Crippen LogP contribution is 2.29. The van der Waals surface area contributed by atoms with E-state index in [1.165, 1.54) is 18.5 Å². The predicted octanol–water partition coefficient (Wildman–Crippen LogP) is 1.99. The molecule has 0 saturated heterocycles. The zero-order valence-electron chi connectivity index (χ0n) is 11.4. The summed E-state index contributed by atoms with van der Waals surface area (Å²) in [4.78, 5) is 14.6. The number of nitro groups is 1. The van der Waals surface area contributed by atoms with Gasteiger partial charge >= 0.3 is 0 Å². The maximum atomic E-state index is 11.1. The van der Waals surface area contributed by atoms with Crippen LogP contribution in [-0.2, 0) is 9.84 Å². The molecule has 0 spiro atoms. The number of pyridine rings is 1. The van der Waals surface area contributed by atoms with Gasteiger partial charge in [-0.25, -0.2) is 13.4 Å². The number of nitrogens with zero attached hydrogens (tertiary/aromatic N) is 2. The quantitative estimate of drug-likeness (QED) is 0.497. The molecule has 1 N–H and O–H groups in total. The van der Waals surface area contributed by atoms with E-state index < -0.39 is 14.8 Å². The lowest BCUT2D eigenvalue weighted by atomic mass is 10.1. The first kappa shape index (κ1) is 15.2. The Morgan fingerprint density at radius 1 is 1.33 bits per heavy atom. The molecule has 1 heterocycles. The van der Waals surface area contributed by atoms with Crippen LogP contribution in [0, 0.1) is 10.1 Å². The van der Waals surface area contributed by atoms with Gasteiger partial charge in [-0.15, -0.1) is 0 Å². The van der Waals surface area contributed by atoms with Crippen molar-refractivity contribution in [2.24, 2.45) is 0 Å². The number of rotatable bonds is 6. The molecule has 0 aliphatic carbocycles. The molecule has 7 nitrogen and oxygen atoms in total. The number of anilines is 1. The van der Waals surface area contributed by atoms with Crippen molar-refractivity contribution in [2.75, 3.05) is 23.9 Å². The summed E-state index contributed by atoms with van der Waals surface area (Å²) in [7, 11) is -2.98. The number of nitrogens with one attached hydrogen (secondary N) is 1. The van der Waals surface area contributed by atoms with E-state index in [0.717, 1.165) is 0 Å². The van der Waals surface area contributed by atoms with Crippen molar-refractivity contribution < 1.29 is 13.3 Å². The fraction of sp³-hybridized carbons (Fsp3) is 0.308. The zero-order chi connectivity index (χ0) is 15.5. The summed E-state index contributed by atoms with van der Waals surface area (Å²) in [5.74, 6) is 0.100.